The molecule has 2 aliphatic carbocycles. The third-order valence-corrected chi connectivity index (χ3v) is 7.91. The lowest BCUT2D eigenvalue weighted by atomic mass is 9.88. The van der Waals surface area contributed by atoms with Gasteiger partial charge in [0.15, 0.2) is 0 Å². The van der Waals surface area contributed by atoms with Gasteiger partial charge in [-0.3, -0.25) is 24.4 Å². The van der Waals surface area contributed by atoms with E-state index in [1.54, 1.807) is 18.3 Å². The number of hydrogen-bond acceptors (Lipinski definition) is 6. The number of aromatic nitrogens is 2. The maximum absolute atomic E-state index is 15.5. The topological polar surface area (TPSA) is 143 Å². The van der Waals surface area contributed by atoms with Crippen molar-refractivity contribution in [2.45, 2.75) is 77.6 Å². The van der Waals surface area contributed by atoms with Gasteiger partial charge in [0.2, 0.25) is 11.8 Å². The van der Waals surface area contributed by atoms with Crippen LogP contribution in [0.5, 0.6) is 0 Å². The van der Waals surface area contributed by atoms with Crippen LogP contribution in [0.2, 0.25) is 0 Å². The van der Waals surface area contributed by atoms with Gasteiger partial charge >= 0.3 is 12.3 Å². The second-order valence-corrected chi connectivity index (χ2v) is 11.8. The van der Waals surface area contributed by atoms with Crippen LogP contribution in [0.25, 0.3) is 0 Å². The van der Waals surface area contributed by atoms with Crippen molar-refractivity contribution in [3.05, 3.63) is 41.5 Å². The van der Waals surface area contributed by atoms with Gasteiger partial charge < -0.3 is 20.7 Å². The van der Waals surface area contributed by atoms with Crippen molar-refractivity contribution in [1.82, 2.24) is 20.4 Å². The molecule has 4 amide bonds. The van der Waals surface area contributed by atoms with E-state index in [1.165, 1.54) is 17.8 Å². The van der Waals surface area contributed by atoms with Gasteiger partial charge in [-0.1, -0.05) is 0 Å². The number of carbonyl (C=O) groups excluding carboxylic acids is 4. The molecule has 0 unspecified atom stereocenters. The van der Waals surface area contributed by atoms with E-state index in [9.17, 15) is 32.3 Å². The van der Waals surface area contributed by atoms with Gasteiger partial charge in [0.1, 0.15) is 24.1 Å². The van der Waals surface area contributed by atoms with Crippen molar-refractivity contribution in [1.29, 1.82) is 0 Å². The third kappa shape index (κ3) is 8.72. The summed E-state index contributed by atoms with van der Waals surface area (Å²) in [5.41, 5.74) is -0.390. The average Bonchev–Trinajstić information content (AvgIpc) is 3.91. The molecule has 2 fully saturated rings. The fourth-order valence-electron chi connectivity index (χ4n) is 5.47. The highest BCUT2D eigenvalue weighted by Gasteiger charge is 2.48. The van der Waals surface area contributed by atoms with Crippen LogP contribution in [-0.4, -0.2) is 59.0 Å². The SMILES string of the molecule is CCOC(=O)Nc1cc(NC(=O)[C@@H](NC(=O)c2ccnn2C(C)C)C(C2CC2)C2CC2)c(F)cc1[C@@H](C)C(=O)NCC(F)(F)F. The van der Waals surface area contributed by atoms with Crippen molar-refractivity contribution in [3.63, 3.8) is 0 Å². The maximum Gasteiger partial charge on any atom is 0.411 e. The highest BCUT2D eigenvalue weighted by atomic mass is 19.4. The minimum absolute atomic E-state index is 0.0195. The van der Waals surface area contributed by atoms with Crippen molar-refractivity contribution in [2.75, 3.05) is 23.8 Å². The molecule has 1 aromatic heterocycles. The Balaban J connectivity index is 1.63. The van der Waals surface area contributed by atoms with Gasteiger partial charge in [-0.25, -0.2) is 9.18 Å². The maximum atomic E-state index is 15.5. The van der Waals surface area contributed by atoms with E-state index in [-0.39, 0.29) is 53.0 Å². The van der Waals surface area contributed by atoms with Gasteiger partial charge in [0.05, 0.1) is 23.9 Å². The number of hydrogen-bond donors (Lipinski definition) is 4. The molecule has 15 heteroatoms. The molecule has 0 bridgehead atoms. The van der Waals surface area contributed by atoms with Gasteiger partial charge in [-0.05, 0) is 94.9 Å². The lowest BCUT2D eigenvalue weighted by Crippen LogP contribution is -2.50. The highest BCUT2D eigenvalue weighted by molar-refractivity contribution is 6.01. The van der Waals surface area contributed by atoms with E-state index in [0.29, 0.717) is 0 Å². The zero-order valence-electron chi connectivity index (χ0n) is 25.5. The number of benzene rings is 1. The van der Waals surface area contributed by atoms with E-state index in [0.717, 1.165) is 37.8 Å². The zero-order chi connectivity index (χ0) is 33.1. The number of carbonyl (C=O) groups is 4. The van der Waals surface area contributed by atoms with E-state index in [1.807, 2.05) is 13.8 Å². The summed E-state index contributed by atoms with van der Waals surface area (Å²) in [6.45, 7) is 4.90. The number of nitrogens with one attached hydrogen (secondary N) is 4. The van der Waals surface area contributed by atoms with Crippen LogP contribution >= 0.6 is 0 Å². The Bertz CT molecular complexity index is 1410. The normalized spacial score (nSPS) is 16.2. The lowest BCUT2D eigenvalue weighted by molar-refractivity contribution is -0.139. The number of alkyl halides is 3. The van der Waals surface area contributed by atoms with E-state index in [2.05, 4.69) is 21.0 Å². The molecule has 4 rings (SSSR count). The van der Waals surface area contributed by atoms with E-state index in [4.69, 9.17) is 4.74 Å². The van der Waals surface area contributed by atoms with Crippen LogP contribution in [-0.2, 0) is 14.3 Å². The number of nitrogens with zero attached hydrogens (tertiary/aromatic N) is 2. The average molecular weight is 639 g/mol. The standard InChI is InChI=1S/C30H38F4N6O5/c1-5-45-29(44)38-21-13-22(20(31)12-19(21)16(4)26(41)35-14-30(32,33)34)37-28(43)25(24(17-6-7-17)18-8-9-18)39-27(42)23-10-11-36-40(23)15(2)3/h10-13,15-18,24-25H,5-9,14H2,1-4H3,(H,35,41)(H,37,43)(H,38,44)(H,39,42)/t16-,25+/m1/s1. The molecule has 45 heavy (non-hydrogen) atoms. The summed E-state index contributed by atoms with van der Waals surface area (Å²) in [4.78, 5) is 52.0. The zero-order valence-corrected chi connectivity index (χ0v) is 25.5. The summed E-state index contributed by atoms with van der Waals surface area (Å²) in [7, 11) is 0. The summed E-state index contributed by atoms with van der Waals surface area (Å²) in [6.07, 6.45) is -0.542. The van der Waals surface area contributed by atoms with E-state index < -0.39 is 54.3 Å². The minimum Gasteiger partial charge on any atom is -0.450 e. The smallest absolute Gasteiger partial charge is 0.411 e. The summed E-state index contributed by atoms with van der Waals surface area (Å²) in [5.74, 6) is -4.31. The summed E-state index contributed by atoms with van der Waals surface area (Å²) in [6, 6.07) is 2.35. The van der Waals surface area contributed by atoms with Crippen LogP contribution in [0, 0.1) is 23.6 Å². The Labute approximate surface area is 257 Å². The molecule has 246 valence electrons. The van der Waals surface area contributed by atoms with Crippen molar-refractivity contribution in [2.24, 2.45) is 17.8 Å². The number of amides is 4. The van der Waals surface area contributed by atoms with Crippen molar-refractivity contribution in [3.8, 4) is 0 Å². The van der Waals surface area contributed by atoms with Gasteiger partial charge in [-0.15, -0.1) is 0 Å². The molecular weight excluding hydrogens is 600 g/mol. The molecule has 1 heterocycles. The predicted octanol–water partition coefficient (Wildman–Crippen LogP) is 5.13. The molecule has 1 aromatic carbocycles. The molecule has 2 atom stereocenters. The van der Waals surface area contributed by atoms with Crippen molar-refractivity contribution < 1.29 is 41.5 Å². The Morgan fingerprint density at radius 3 is 2.20 bits per heavy atom. The minimum atomic E-state index is -4.67. The molecule has 4 N–H and O–H groups in total. The second kappa shape index (κ2) is 13.9. The Hall–Kier alpha value is -4.17. The number of rotatable bonds is 13. The first kappa shape index (κ1) is 33.7. The third-order valence-electron chi connectivity index (χ3n) is 7.91. The summed E-state index contributed by atoms with van der Waals surface area (Å²) < 4.78 is 60.0. The fourth-order valence-corrected chi connectivity index (χ4v) is 5.47. The molecule has 0 aliphatic heterocycles. The first-order valence-corrected chi connectivity index (χ1v) is 15.0. The highest BCUT2D eigenvalue weighted by Crippen LogP contribution is 2.51. The second-order valence-electron chi connectivity index (χ2n) is 11.8. The first-order chi connectivity index (χ1) is 21.2. The Kier molecular flexibility index (Phi) is 10.4. The van der Waals surface area contributed by atoms with Crippen LogP contribution in [0.3, 0.4) is 0 Å². The summed E-state index contributed by atoms with van der Waals surface area (Å²) >= 11 is 0. The largest absolute Gasteiger partial charge is 0.450 e. The molecule has 0 radical (unpaired) electrons. The monoisotopic (exact) mass is 638 g/mol. The molecule has 0 spiro atoms. The Morgan fingerprint density at radius 1 is 1.00 bits per heavy atom. The number of anilines is 2. The predicted molar refractivity (Wildman–Crippen MR) is 156 cm³/mol. The van der Waals surface area contributed by atoms with Crippen LogP contribution in [0.15, 0.2) is 24.4 Å². The quantitative estimate of drug-likeness (QED) is 0.224. The van der Waals surface area contributed by atoms with Gasteiger partial charge in [0, 0.05) is 12.2 Å². The molecule has 0 saturated heterocycles. The van der Waals surface area contributed by atoms with Crippen molar-refractivity contribution >= 4 is 35.2 Å². The molecular formula is C30H38F4N6O5. The van der Waals surface area contributed by atoms with Gasteiger partial charge in [-0.2, -0.15) is 18.3 Å². The number of ether oxygens (including phenoxy) is 1. The molecule has 2 aromatic rings. The van der Waals surface area contributed by atoms with Crippen LogP contribution < -0.4 is 21.3 Å². The van der Waals surface area contributed by atoms with Crippen LogP contribution in [0.4, 0.5) is 33.7 Å². The Morgan fingerprint density at radius 2 is 1.64 bits per heavy atom. The first-order valence-electron chi connectivity index (χ1n) is 15.0. The lowest BCUT2D eigenvalue weighted by Gasteiger charge is -2.28. The molecule has 2 saturated carbocycles. The summed E-state index contributed by atoms with van der Waals surface area (Å²) in [5, 5.41) is 13.7. The number of halogens is 4. The van der Waals surface area contributed by atoms with E-state index >= 15 is 4.39 Å². The molecule has 11 nitrogen and oxygen atoms in total. The fraction of sp³-hybridized carbons (Fsp3) is 0.567. The molecule has 2 aliphatic rings. The van der Waals surface area contributed by atoms with Crippen LogP contribution in [0.1, 0.15) is 81.4 Å². The van der Waals surface area contributed by atoms with Gasteiger partial charge in [0.25, 0.3) is 5.91 Å².